The van der Waals surface area contributed by atoms with Gasteiger partial charge in [0.25, 0.3) is 5.91 Å². The predicted molar refractivity (Wildman–Crippen MR) is 103 cm³/mol. The molecule has 0 aromatic carbocycles. The van der Waals surface area contributed by atoms with Gasteiger partial charge >= 0.3 is 0 Å². The second-order valence-corrected chi connectivity index (χ2v) is 7.27. The normalized spacial score (nSPS) is 15.0. The van der Waals surface area contributed by atoms with Gasteiger partial charge in [-0.25, -0.2) is 15.0 Å². The van der Waals surface area contributed by atoms with Gasteiger partial charge in [-0.2, -0.15) is 0 Å². The molecule has 0 radical (unpaired) electrons. The van der Waals surface area contributed by atoms with Gasteiger partial charge in [0.1, 0.15) is 11.4 Å². The average Bonchev–Trinajstić information content (AvgIpc) is 3.15. The van der Waals surface area contributed by atoms with Crippen molar-refractivity contribution in [1.82, 2.24) is 34.4 Å². The molecule has 0 bridgehead atoms. The first-order valence-electron chi connectivity index (χ1n) is 9.45. The van der Waals surface area contributed by atoms with E-state index in [1.54, 1.807) is 31.1 Å². The molecule has 1 aliphatic heterocycles. The van der Waals surface area contributed by atoms with E-state index >= 15 is 0 Å². The molecule has 8 heteroatoms. The molecule has 1 aliphatic rings. The first-order chi connectivity index (χ1) is 13.6. The molecule has 3 aromatic rings. The Bertz CT molecular complexity index is 959. The van der Waals surface area contributed by atoms with Crippen LogP contribution in [-0.2, 0) is 13.5 Å². The molecule has 0 N–H and O–H groups in total. The third kappa shape index (κ3) is 3.90. The number of carbonyl (C=O) groups excluding carboxylic acids is 1. The number of hydrogen-bond donors (Lipinski definition) is 0. The lowest BCUT2D eigenvalue weighted by molar-refractivity contribution is 0.0683. The fraction of sp³-hybridized carbons (Fsp3) is 0.400. The zero-order valence-corrected chi connectivity index (χ0v) is 16.1. The van der Waals surface area contributed by atoms with Crippen LogP contribution in [0.5, 0.6) is 0 Å². The van der Waals surface area contributed by atoms with E-state index in [0.717, 1.165) is 55.1 Å². The number of piperidine rings is 1. The van der Waals surface area contributed by atoms with Crippen LogP contribution in [0.1, 0.15) is 34.7 Å². The minimum atomic E-state index is -0.0380. The maximum absolute atomic E-state index is 12.6. The van der Waals surface area contributed by atoms with Gasteiger partial charge < -0.3 is 9.47 Å². The molecule has 0 unspecified atom stereocenters. The van der Waals surface area contributed by atoms with Crippen LogP contribution < -0.4 is 0 Å². The molecular weight excluding hydrogens is 354 g/mol. The van der Waals surface area contributed by atoms with E-state index in [9.17, 15) is 4.79 Å². The van der Waals surface area contributed by atoms with Gasteiger partial charge in [-0.15, -0.1) is 0 Å². The first kappa shape index (κ1) is 18.2. The summed E-state index contributed by atoms with van der Waals surface area (Å²) in [5, 5.41) is 0. The van der Waals surface area contributed by atoms with Crippen molar-refractivity contribution in [2.75, 3.05) is 13.1 Å². The summed E-state index contributed by atoms with van der Waals surface area (Å²) in [4.78, 5) is 36.1. The summed E-state index contributed by atoms with van der Waals surface area (Å²) in [6, 6.07) is 0. The number of rotatable bonds is 4. The Balaban J connectivity index is 1.36. The van der Waals surface area contributed by atoms with E-state index in [1.807, 2.05) is 29.6 Å². The van der Waals surface area contributed by atoms with Gasteiger partial charge in [-0.3, -0.25) is 14.8 Å². The van der Waals surface area contributed by atoms with Crippen molar-refractivity contribution in [1.29, 1.82) is 0 Å². The molecule has 0 spiro atoms. The lowest BCUT2D eigenvalue weighted by atomic mass is 9.92. The third-order valence-electron chi connectivity index (χ3n) is 5.16. The standard InChI is InChI=1S/C20H23N7O/c1-14-8-24-18(11-23-14)20(28)27-5-3-15(4-6-27)7-16-9-21-10-17(25-16)19-12-22-13-26(19)2/h8-13,15H,3-7H2,1-2H3. The van der Waals surface area contributed by atoms with E-state index in [2.05, 4.69) is 19.9 Å². The van der Waals surface area contributed by atoms with E-state index < -0.39 is 0 Å². The van der Waals surface area contributed by atoms with Crippen molar-refractivity contribution < 1.29 is 4.79 Å². The van der Waals surface area contributed by atoms with Gasteiger partial charge in [-0.05, 0) is 32.1 Å². The van der Waals surface area contributed by atoms with Crippen LogP contribution in [0, 0.1) is 12.8 Å². The number of imidazole rings is 1. The Morgan fingerprint density at radius 1 is 1.07 bits per heavy atom. The highest BCUT2D eigenvalue weighted by Gasteiger charge is 2.25. The lowest BCUT2D eigenvalue weighted by Crippen LogP contribution is -2.39. The number of amides is 1. The van der Waals surface area contributed by atoms with E-state index in [0.29, 0.717) is 11.6 Å². The second-order valence-electron chi connectivity index (χ2n) is 7.27. The molecule has 3 aromatic heterocycles. The highest BCUT2D eigenvalue weighted by atomic mass is 16.2. The van der Waals surface area contributed by atoms with Gasteiger partial charge in [0.05, 0.1) is 42.0 Å². The number of carbonyl (C=O) groups is 1. The number of aryl methyl sites for hydroxylation is 2. The summed E-state index contributed by atoms with van der Waals surface area (Å²) < 4.78 is 1.94. The summed E-state index contributed by atoms with van der Waals surface area (Å²) in [5.41, 5.74) is 3.99. The maximum Gasteiger partial charge on any atom is 0.274 e. The zero-order chi connectivity index (χ0) is 19.5. The summed E-state index contributed by atoms with van der Waals surface area (Å²) >= 11 is 0. The molecule has 4 heterocycles. The number of hydrogen-bond acceptors (Lipinski definition) is 6. The fourth-order valence-corrected chi connectivity index (χ4v) is 3.53. The minimum absolute atomic E-state index is 0.0380. The van der Waals surface area contributed by atoms with Gasteiger partial charge in [0.15, 0.2) is 0 Å². The van der Waals surface area contributed by atoms with Crippen LogP contribution in [0.25, 0.3) is 11.4 Å². The van der Waals surface area contributed by atoms with Crippen molar-refractivity contribution >= 4 is 5.91 Å². The zero-order valence-electron chi connectivity index (χ0n) is 16.1. The predicted octanol–water partition coefficient (Wildman–Crippen LogP) is 2.07. The van der Waals surface area contributed by atoms with Crippen LogP contribution in [0.15, 0.2) is 37.3 Å². The van der Waals surface area contributed by atoms with Crippen LogP contribution >= 0.6 is 0 Å². The second kappa shape index (κ2) is 7.84. The highest BCUT2D eigenvalue weighted by Crippen LogP contribution is 2.23. The van der Waals surface area contributed by atoms with Crippen molar-refractivity contribution in [2.24, 2.45) is 13.0 Å². The van der Waals surface area contributed by atoms with Gasteiger partial charge in [0.2, 0.25) is 0 Å². The highest BCUT2D eigenvalue weighted by molar-refractivity contribution is 5.92. The molecule has 1 amide bonds. The Labute approximate surface area is 163 Å². The quantitative estimate of drug-likeness (QED) is 0.691. The lowest BCUT2D eigenvalue weighted by Gasteiger charge is -2.31. The van der Waals surface area contributed by atoms with Crippen molar-refractivity contribution in [3.8, 4) is 11.4 Å². The molecule has 1 saturated heterocycles. The van der Waals surface area contributed by atoms with Crippen molar-refractivity contribution in [2.45, 2.75) is 26.2 Å². The molecule has 8 nitrogen and oxygen atoms in total. The molecule has 28 heavy (non-hydrogen) atoms. The molecule has 144 valence electrons. The van der Waals surface area contributed by atoms with Gasteiger partial charge in [-0.1, -0.05) is 0 Å². The Morgan fingerprint density at radius 2 is 1.89 bits per heavy atom. The fourth-order valence-electron chi connectivity index (χ4n) is 3.53. The monoisotopic (exact) mass is 377 g/mol. The molecule has 4 rings (SSSR count). The van der Waals surface area contributed by atoms with Crippen molar-refractivity contribution in [3.05, 3.63) is 54.4 Å². The first-order valence-corrected chi connectivity index (χ1v) is 9.45. The van der Waals surface area contributed by atoms with E-state index in [4.69, 9.17) is 4.98 Å². The van der Waals surface area contributed by atoms with Gasteiger partial charge in [0, 0.05) is 32.5 Å². The Morgan fingerprint density at radius 3 is 2.57 bits per heavy atom. The maximum atomic E-state index is 12.6. The SMILES string of the molecule is Cc1cnc(C(=O)N2CCC(Cc3cncc(-c4cncn4C)n3)CC2)cn1. The number of aromatic nitrogens is 6. The molecular formula is C20H23N7O. The average molecular weight is 377 g/mol. The summed E-state index contributed by atoms with van der Waals surface area (Å²) in [6.07, 6.45) is 13.1. The molecule has 0 aliphatic carbocycles. The largest absolute Gasteiger partial charge is 0.337 e. The van der Waals surface area contributed by atoms with Crippen LogP contribution in [0.3, 0.4) is 0 Å². The minimum Gasteiger partial charge on any atom is -0.337 e. The van der Waals surface area contributed by atoms with Crippen LogP contribution in [0.4, 0.5) is 0 Å². The number of nitrogens with zero attached hydrogens (tertiary/aromatic N) is 7. The van der Waals surface area contributed by atoms with E-state index in [-0.39, 0.29) is 5.91 Å². The third-order valence-corrected chi connectivity index (χ3v) is 5.16. The number of likely N-dealkylation sites (tertiary alicyclic amines) is 1. The summed E-state index contributed by atoms with van der Waals surface area (Å²) in [5.74, 6) is 0.452. The summed E-state index contributed by atoms with van der Waals surface area (Å²) in [7, 11) is 1.95. The molecule has 0 saturated carbocycles. The van der Waals surface area contributed by atoms with Crippen LogP contribution in [0.2, 0.25) is 0 Å². The Kier molecular flexibility index (Phi) is 5.10. The van der Waals surface area contributed by atoms with Crippen LogP contribution in [-0.4, -0.2) is 53.4 Å². The molecule has 0 atom stereocenters. The molecule has 1 fully saturated rings. The Hall–Kier alpha value is -3.16. The van der Waals surface area contributed by atoms with E-state index in [1.165, 1.54) is 0 Å². The topological polar surface area (TPSA) is 89.7 Å². The smallest absolute Gasteiger partial charge is 0.274 e. The summed E-state index contributed by atoms with van der Waals surface area (Å²) in [6.45, 7) is 3.32. The van der Waals surface area contributed by atoms with Crippen molar-refractivity contribution in [3.63, 3.8) is 0 Å².